The fourth-order valence-corrected chi connectivity index (χ4v) is 2.78. The molecule has 1 aromatic rings. The van der Waals surface area contributed by atoms with Crippen molar-refractivity contribution < 1.29 is 0 Å². The first kappa shape index (κ1) is 14.5. The molecule has 1 fully saturated rings. The van der Waals surface area contributed by atoms with Gasteiger partial charge >= 0.3 is 0 Å². The second-order valence-electron chi connectivity index (χ2n) is 4.97. The van der Waals surface area contributed by atoms with Crippen LogP contribution in [0.3, 0.4) is 0 Å². The van der Waals surface area contributed by atoms with E-state index in [0.717, 1.165) is 44.1 Å². The summed E-state index contributed by atoms with van der Waals surface area (Å²) < 4.78 is 2.08. The van der Waals surface area contributed by atoms with Crippen molar-refractivity contribution in [3.8, 4) is 0 Å². The molecule has 2 rings (SSSR count). The van der Waals surface area contributed by atoms with Crippen LogP contribution in [0, 0.1) is 5.92 Å². The Morgan fingerprint density at radius 1 is 1.63 bits per heavy atom. The SMILES string of the molecule is CCCn1ncc(NCCC2CCNC2)c(Br)c1=O. The number of hydrogen-bond donors (Lipinski definition) is 2. The largest absolute Gasteiger partial charge is 0.383 e. The second kappa shape index (κ2) is 7.05. The van der Waals surface area contributed by atoms with E-state index in [1.54, 1.807) is 6.20 Å². The van der Waals surface area contributed by atoms with Gasteiger partial charge in [-0.2, -0.15) is 5.10 Å². The Hall–Kier alpha value is -0.880. The Bertz CT molecular complexity index is 468. The molecule has 0 radical (unpaired) electrons. The van der Waals surface area contributed by atoms with Gasteiger partial charge in [0.25, 0.3) is 5.56 Å². The van der Waals surface area contributed by atoms with Crippen LogP contribution in [0.2, 0.25) is 0 Å². The molecule has 0 amide bonds. The summed E-state index contributed by atoms with van der Waals surface area (Å²) >= 11 is 3.37. The number of halogens is 1. The molecule has 1 aliphatic heterocycles. The van der Waals surface area contributed by atoms with Gasteiger partial charge in [0, 0.05) is 13.1 Å². The Kier molecular flexibility index (Phi) is 5.39. The van der Waals surface area contributed by atoms with Gasteiger partial charge < -0.3 is 10.6 Å². The number of anilines is 1. The van der Waals surface area contributed by atoms with E-state index < -0.39 is 0 Å². The van der Waals surface area contributed by atoms with Crippen LogP contribution in [0.5, 0.6) is 0 Å². The van der Waals surface area contributed by atoms with Crippen LogP contribution in [-0.2, 0) is 6.54 Å². The van der Waals surface area contributed by atoms with Crippen LogP contribution >= 0.6 is 15.9 Å². The van der Waals surface area contributed by atoms with Crippen LogP contribution in [-0.4, -0.2) is 29.4 Å². The first-order chi connectivity index (χ1) is 9.22. The minimum Gasteiger partial charge on any atom is -0.383 e. The number of nitrogens with zero attached hydrogens (tertiary/aromatic N) is 2. The molecule has 106 valence electrons. The lowest BCUT2D eigenvalue weighted by Gasteiger charge is -2.12. The molecule has 0 spiro atoms. The van der Waals surface area contributed by atoms with Crippen molar-refractivity contribution in [1.82, 2.24) is 15.1 Å². The maximum Gasteiger partial charge on any atom is 0.283 e. The Morgan fingerprint density at radius 2 is 2.47 bits per heavy atom. The molecule has 1 unspecified atom stereocenters. The highest BCUT2D eigenvalue weighted by atomic mass is 79.9. The highest BCUT2D eigenvalue weighted by Gasteiger charge is 2.14. The molecule has 1 atom stereocenters. The maximum atomic E-state index is 12.0. The minimum atomic E-state index is -0.0608. The van der Waals surface area contributed by atoms with Gasteiger partial charge in [0.15, 0.2) is 0 Å². The molecular formula is C13H21BrN4O. The maximum absolute atomic E-state index is 12.0. The Labute approximate surface area is 121 Å². The summed E-state index contributed by atoms with van der Waals surface area (Å²) in [5.41, 5.74) is 0.734. The number of nitrogens with one attached hydrogen (secondary N) is 2. The Morgan fingerprint density at radius 3 is 3.16 bits per heavy atom. The average Bonchev–Trinajstić information content (AvgIpc) is 2.91. The predicted molar refractivity (Wildman–Crippen MR) is 80.6 cm³/mol. The average molecular weight is 329 g/mol. The Balaban J connectivity index is 1.92. The standard InChI is InChI=1S/C13H21BrN4O/c1-2-7-18-13(19)12(14)11(9-17-18)16-6-4-10-3-5-15-8-10/h9-10,15-16H,2-8H2,1H3. The van der Waals surface area contributed by atoms with E-state index in [0.29, 0.717) is 11.0 Å². The van der Waals surface area contributed by atoms with E-state index in [1.807, 2.05) is 6.92 Å². The van der Waals surface area contributed by atoms with E-state index >= 15 is 0 Å². The van der Waals surface area contributed by atoms with Crippen LogP contribution < -0.4 is 16.2 Å². The molecule has 1 aromatic heterocycles. The summed E-state index contributed by atoms with van der Waals surface area (Å²) in [5.74, 6) is 0.750. The smallest absolute Gasteiger partial charge is 0.283 e. The molecule has 19 heavy (non-hydrogen) atoms. The van der Waals surface area contributed by atoms with Crippen molar-refractivity contribution in [2.45, 2.75) is 32.7 Å². The van der Waals surface area contributed by atoms with E-state index in [1.165, 1.54) is 11.1 Å². The summed E-state index contributed by atoms with van der Waals surface area (Å²) in [5, 5.41) is 10.8. The van der Waals surface area contributed by atoms with Crippen molar-refractivity contribution >= 4 is 21.6 Å². The fourth-order valence-electron chi connectivity index (χ4n) is 2.33. The molecule has 0 saturated carbocycles. The zero-order chi connectivity index (χ0) is 13.7. The second-order valence-corrected chi connectivity index (χ2v) is 5.77. The first-order valence-corrected chi connectivity index (χ1v) is 7.72. The zero-order valence-electron chi connectivity index (χ0n) is 11.3. The minimum absolute atomic E-state index is 0.0608. The third-order valence-corrected chi connectivity index (χ3v) is 4.22. The first-order valence-electron chi connectivity index (χ1n) is 6.92. The monoisotopic (exact) mass is 328 g/mol. The van der Waals surface area contributed by atoms with Gasteiger partial charge in [0.1, 0.15) is 4.47 Å². The fraction of sp³-hybridized carbons (Fsp3) is 0.692. The quantitative estimate of drug-likeness (QED) is 0.836. The van der Waals surface area contributed by atoms with Crippen molar-refractivity contribution in [3.05, 3.63) is 21.0 Å². The van der Waals surface area contributed by atoms with Crippen molar-refractivity contribution in [3.63, 3.8) is 0 Å². The highest BCUT2D eigenvalue weighted by molar-refractivity contribution is 9.10. The molecule has 2 N–H and O–H groups in total. The van der Waals surface area contributed by atoms with Crippen molar-refractivity contribution in [1.29, 1.82) is 0 Å². The molecule has 6 heteroatoms. The van der Waals surface area contributed by atoms with Crippen LogP contribution in [0.1, 0.15) is 26.2 Å². The third-order valence-electron chi connectivity index (χ3n) is 3.45. The lowest BCUT2D eigenvalue weighted by atomic mass is 10.1. The van der Waals surface area contributed by atoms with Gasteiger partial charge in [0.2, 0.25) is 0 Å². The van der Waals surface area contributed by atoms with E-state index in [-0.39, 0.29) is 5.56 Å². The summed E-state index contributed by atoms with van der Waals surface area (Å²) in [6.45, 7) is 5.81. The molecular weight excluding hydrogens is 308 g/mol. The molecule has 1 aliphatic rings. The van der Waals surface area contributed by atoms with Gasteiger partial charge in [-0.25, -0.2) is 4.68 Å². The number of rotatable bonds is 6. The van der Waals surface area contributed by atoms with Crippen LogP contribution in [0.15, 0.2) is 15.5 Å². The molecule has 0 aromatic carbocycles. The zero-order valence-corrected chi connectivity index (χ0v) is 12.9. The lowest BCUT2D eigenvalue weighted by Crippen LogP contribution is -2.24. The summed E-state index contributed by atoms with van der Waals surface area (Å²) in [6, 6.07) is 0. The van der Waals surface area contributed by atoms with E-state index in [9.17, 15) is 4.79 Å². The van der Waals surface area contributed by atoms with E-state index in [2.05, 4.69) is 31.7 Å². The van der Waals surface area contributed by atoms with Crippen LogP contribution in [0.25, 0.3) is 0 Å². The highest BCUT2D eigenvalue weighted by Crippen LogP contribution is 2.17. The summed E-state index contributed by atoms with van der Waals surface area (Å²) in [6.07, 6.45) is 5.01. The molecule has 0 bridgehead atoms. The van der Waals surface area contributed by atoms with E-state index in [4.69, 9.17) is 0 Å². The van der Waals surface area contributed by atoms with Crippen molar-refractivity contribution in [2.75, 3.05) is 25.0 Å². The van der Waals surface area contributed by atoms with Gasteiger partial charge in [-0.3, -0.25) is 4.79 Å². The van der Waals surface area contributed by atoms with Crippen LogP contribution in [0.4, 0.5) is 5.69 Å². The summed E-state index contributed by atoms with van der Waals surface area (Å²) in [7, 11) is 0. The lowest BCUT2D eigenvalue weighted by molar-refractivity contribution is 0.547. The molecule has 2 heterocycles. The number of hydrogen-bond acceptors (Lipinski definition) is 4. The number of aromatic nitrogens is 2. The predicted octanol–water partition coefficient (Wildman–Crippen LogP) is 1.83. The van der Waals surface area contributed by atoms with Crippen molar-refractivity contribution in [2.24, 2.45) is 5.92 Å². The van der Waals surface area contributed by atoms with Gasteiger partial charge in [-0.05, 0) is 54.2 Å². The van der Waals surface area contributed by atoms with Gasteiger partial charge in [-0.1, -0.05) is 6.92 Å². The third kappa shape index (κ3) is 3.79. The van der Waals surface area contributed by atoms with Gasteiger partial charge in [-0.15, -0.1) is 0 Å². The molecule has 1 saturated heterocycles. The number of aryl methyl sites for hydroxylation is 1. The van der Waals surface area contributed by atoms with Gasteiger partial charge in [0.05, 0.1) is 11.9 Å². The normalized spacial score (nSPS) is 18.7. The molecule has 5 nitrogen and oxygen atoms in total. The molecule has 0 aliphatic carbocycles. The topological polar surface area (TPSA) is 59.0 Å². The summed E-state index contributed by atoms with van der Waals surface area (Å²) in [4.78, 5) is 12.0.